The van der Waals surface area contributed by atoms with Gasteiger partial charge in [-0.2, -0.15) is 0 Å². The summed E-state index contributed by atoms with van der Waals surface area (Å²) in [5.74, 6) is 0.902. The van der Waals surface area contributed by atoms with Crippen LogP contribution in [0.4, 0.5) is 0 Å². The van der Waals surface area contributed by atoms with Crippen LogP contribution < -0.4 is 21.1 Å². The molecular formula is C31H35N5O2. The van der Waals surface area contributed by atoms with Gasteiger partial charge in [-0.15, -0.1) is 0 Å². The molecule has 3 unspecified atom stereocenters. The third-order valence-electron chi connectivity index (χ3n) is 7.56. The standard InChI is InChI=1S/C31H35N5O2/c1-3-38-24-7-9-26-25(15-24)22(17-34-26)6-8-27-30(36-27)28-13-20(14-29(35-28)31(32)37)11-19-4-5-21-16-33-18(2)10-23(21)12-19/h4-5,7,9-10,12-15,17,27,30-31,33-34,36-37H,3,6,8,11,16,32H2,1-2H3. The molecule has 7 heteroatoms. The molecule has 2 aliphatic rings. The number of nitrogens with one attached hydrogen (secondary N) is 3. The largest absolute Gasteiger partial charge is 0.494 e. The zero-order valence-electron chi connectivity index (χ0n) is 21.9. The Morgan fingerprint density at radius 1 is 1.13 bits per heavy atom. The highest BCUT2D eigenvalue weighted by Gasteiger charge is 2.38. The molecule has 1 saturated heterocycles. The van der Waals surface area contributed by atoms with Crippen molar-refractivity contribution in [1.82, 2.24) is 20.6 Å². The lowest BCUT2D eigenvalue weighted by atomic mass is 9.96. The van der Waals surface area contributed by atoms with E-state index in [0.29, 0.717) is 18.3 Å². The molecule has 6 N–H and O–H groups in total. The fourth-order valence-electron chi connectivity index (χ4n) is 5.50. The van der Waals surface area contributed by atoms with Crippen LogP contribution in [0.15, 0.2) is 60.4 Å². The van der Waals surface area contributed by atoms with Crippen LogP contribution in [-0.2, 0) is 19.4 Å². The smallest absolute Gasteiger partial charge is 0.145 e. The molecule has 38 heavy (non-hydrogen) atoms. The Kier molecular flexibility index (Phi) is 6.66. The Bertz CT molecular complexity index is 1510. The second-order valence-corrected chi connectivity index (χ2v) is 10.4. The van der Waals surface area contributed by atoms with Crippen LogP contribution in [0.2, 0.25) is 0 Å². The summed E-state index contributed by atoms with van der Waals surface area (Å²) in [6.45, 7) is 5.62. The highest BCUT2D eigenvalue weighted by molar-refractivity contribution is 5.84. The first kappa shape index (κ1) is 24.7. The number of rotatable bonds is 9. The number of aryl methyl sites for hydroxylation is 1. The molecule has 196 valence electrons. The molecule has 6 rings (SSSR count). The van der Waals surface area contributed by atoms with Gasteiger partial charge in [0.2, 0.25) is 0 Å². The van der Waals surface area contributed by atoms with Gasteiger partial charge in [0.25, 0.3) is 0 Å². The van der Waals surface area contributed by atoms with Gasteiger partial charge in [-0.3, -0.25) is 4.98 Å². The zero-order valence-corrected chi connectivity index (χ0v) is 21.9. The predicted octanol–water partition coefficient (Wildman–Crippen LogP) is 4.61. The average Bonchev–Trinajstić information content (AvgIpc) is 3.58. The van der Waals surface area contributed by atoms with Gasteiger partial charge in [-0.1, -0.05) is 18.2 Å². The van der Waals surface area contributed by atoms with Crippen molar-refractivity contribution in [3.63, 3.8) is 0 Å². The number of hydrogen-bond acceptors (Lipinski definition) is 6. The highest BCUT2D eigenvalue weighted by atomic mass is 16.5. The Hall–Kier alpha value is -3.65. The third kappa shape index (κ3) is 5.18. The fraction of sp³-hybridized carbons (Fsp3) is 0.323. The molecule has 7 nitrogen and oxygen atoms in total. The second kappa shape index (κ2) is 10.3. The van der Waals surface area contributed by atoms with E-state index in [9.17, 15) is 5.11 Å². The van der Waals surface area contributed by atoms with E-state index < -0.39 is 6.23 Å². The van der Waals surface area contributed by atoms with Gasteiger partial charge in [-0.05, 0) is 97.3 Å². The molecule has 2 aliphatic heterocycles. The number of pyridine rings is 1. The molecule has 2 aromatic heterocycles. The van der Waals surface area contributed by atoms with E-state index in [1.54, 1.807) is 0 Å². The second-order valence-electron chi connectivity index (χ2n) is 10.4. The zero-order chi connectivity index (χ0) is 26.2. The lowest BCUT2D eigenvalue weighted by Gasteiger charge is -2.17. The predicted molar refractivity (Wildman–Crippen MR) is 151 cm³/mol. The van der Waals surface area contributed by atoms with Gasteiger partial charge in [0.05, 0.1) is 24.0 Å². The van der Waals surface area contributed by atoms with E-state index in [0.717, 1.165) is 48.3 Å². The van der Waals surface area contributed by atoms with E-state index >= 15 is 0 Å². The van der Waals surface area contributed by atoms with Crippen molar-refractivity contribution in [1.29, 1.82) is 0 Å². The van der Waals surface area contributed by atoms with E-state index in [2.05, 4.69) is 71.2 Å². The summed E-state index contributed by atoms with van der Waals surface area (Å²) in [6, 6.07) is 17.4. The summed E-state index contributed by atoms with van der Waals surface area (Å²) >= 11 is 0. The van der Waals surface area contributed by atoms with Crippen LogP contribution in [0, 0.1) is 0 Å². The van der Waals surface area contributed by atoms with Crippen molar-refractivity contribution in [2.75, 3.05) is 6.61 Å². The van der Waals surface area contributed by atoms with Gasteiger partial charge in [0, 0.05) is 35.4 Å². The maximum Gasteiger partial charge on any atom is 0.145 e. The molecule has 0 bridgehead atoms. The quantitative estimate of drug-likeness (QED) is 0.166. The first-order chi connectivity index (χ1) is 18.5. The van der Waals surface area contributed by atoms with Crippen molar-refractivity contribution >= 4 is 17.0 Å². The van der Waals surface area contributed by atoms with Gasteiger partial charge in [0.1, 0.15) is 12.0 Å². The van der Waals surface area contributed by atoms with E-state index in [4.69, 9.17) is 15.5 Å². The average molecular weight is 510 g/mol. The van der Waals surface area contributed by atoms with Crippen molar-refractivity contribution in [3.05, 3.63) is 99.6 Å². The van der Waals surface area contributed by atoms with Crippen LogP contribution in [-0.4, -0.2) is 27.7 Å². The number of aliphatic hydroxyl groups excluding tert-OH is 1. The summed E-state index contributed by atoms with van der Waals surface area (Å²) in [7, 11) is 0. The molecule has 0 saturated carbocycles. The maximum absolute atomic E-state index is 10.2. The number of allylic oxidation sites excluding steroid dienone is 1. The monoisotopic (exact) mass is 509 g/mol. The molecule has 3 atom stereocenters. The molecular weight excluding hydrogens is 474 g/mol. The van der Waals surface area contributed by atoms with Crippen LogP contribution in [0.1, 0.15) is 71.7 Å². The summed E-state index contributed by atoms with van der Waals surface area (Å²) in [4.78, 5) is 8.10. The first-order valence-corrected chi connectivity index (χ1v) is 13.4. The van der Waals surface area contributed by atoms with Gasteiger partial charge >= 0.3 is 0 Å². The number of benzene rings is 2. The molecule has 0 aliphatic carbocycles. The van der Waals surface area contributed by atoms with Crippen LogP contribution in [0.3, 0.4) is 0 Å². The van der Waals surface area contributed by atoms with Gasteiger partial charge in [-0.25, -0.2) is 0 Å². The maximum atomic E-state index is 10.2. The van der Waals surface area contributed by atoms with E-state index in [1.807, 2.05) is 19.1 Å². The molecule has 4 aromatic rings. The molecule has 4 heterocycles. The normalized spacial score (nSPS) is 19.0. The summed E-state index contributed by atoms with van der Waals surface area (Å²) in [5.41, 5.74) is 15.8. The van der Waals surface area contributed by atoms with Crippen molar-refractivity contribution < 1.29 is 9.84 Å². The van der Waals surface area contributed by atoms with Crippen molar-refractivity contribution in [3.8, 4) is 5.75 Å². The first-order valence-electron chi connectivity index (χ1n) is 13.4. The minimum Gasteiger partial charge on any atom is -0.494 e. The topological polar surface area (TPSA) is 118 Å². The number of fused-ring (bicyclic) bond motifs is 2. The molecule has 0 radical (unpaired) electrons. The molecule has 0 spiro atoms. The number of ether oxygens (including phenoxy) is 1. The number of hydrogen-bond donors (Lipinski definition) is 5. The number of aromatic nitrogens is 2. The lowest BCUT2D eigenvalue weighted by Crippen LogP contribution is -2.15. The van der Waals surface area contributed by atoms with Crippen LogP contribution in [0.5, 0.6) is 5.75 Å². The SMILES string of the molecule is CCOc1ccc2[nH]cc(CCC3NC3c3cc(Cc4ccc5c(c4)C=C(C)NC5)cc(C(N)O)n3)c2c1. The summed E-state index contributed by atoms with van der Waals surface area (Å²) < 4.78 is 5.70. The lowest BCUT2D eigenvalue weighted by molar-refractivity contribution is 0.181. The summed E-state index contributed by atoms with van der Waals surface area (Å²) in [5, 5.41) is 18.4. The molecule has 1 fully saturated rings. The van der Waals surface area contributed by atoms with Gasteiger partial charge in [0.15, 0.2) is 0 Å². The van der Waals surface area contributed by atoms with E-state index in [1.165, 1.54) is 33.3 Å². The van der Waals surface area contributed by atoms with E-state index in [-0.39, 0.29) is 6.04 Å². The number of aliphatic hydroxyl groups is 1. The highest BCUT2D eigenvalue weighted by Crippen LogP contribution is 2.34. The fourth-order valence-corrected chi connectivity index (χ4v) is 5.50. The van der Waals surface area contributed by atoms with Crippen molar-refractivity contribution in [2.45, 2.75) is 58.0 Å². The van der Waals surface area contributed by atoms with Gasteiger partial charge < -0.3 is 31.2 Å². The Morgan fingerprint density at radius 3 is 2.87 bits per heavy atom. The number of nitrogens with zero attached hydrogens (tertiary/aromatic N) is 1. The number of aromatic amines is 1. The molecule has 2 aromatic carbocycles. The Balaban J connectivity index is 1.17. The Morgan fingerprint density at radius 2 is 2.03 bits per heavy atom. The minimum absolute atomic E-state index is 0.164. The Labute approximate surface area is 223 Å². The van der Waals surface area contributed by atoms with Crippen LogP contribution in [0.25, 0.3) is 17.0 Å². The van der Waals surface area contributed by atoms with Crippen LogP contribution >= 0.6 is 0 Å². The third-order valence-corrected chi connectivity index (χ3v) is 7.56. The molecule has 0 amide bonds. The summed E-state index contributed by atoms with van der Waals surface area (Å²) in [6.07, 6.45) is 5.90. The number of nitrogens with two attached hydrogens (primary N) is 1. The number of H-pyrrole nitrogens is 1. The minimum atomic E-state index is -1.10. The van der Waals surface area contributed by atoms with Crippen molar-refractivity contribution in [2.24, 2.45) is 5.73 Å².